The molecule has 8 heteroatoms. The minimum absolute atomic E-state index is 0.106. The normalized spacial score (nSPS) is 17.8. The Kier molecular flexibility index (Phi) is 6.21. The number of allylic oxidation sites excluding steroid dienone is 5. The van der Waals surface area contributed by atoms with E-state index in [1.165, 1.54) is 0 Å². The number of hydrogen-bond donors (Lipinski definition) is 0. The fraction of sp³-hybridized carbons (Fsp3) is 0.393. The molecule has 1 fully saturated rings. The number of anilines is 1. The molecule has 0 atom stereocenters. The maximum Gasteiger partial charge on any atom is 0.186 e. The molecule has 0 amide bonds. The average Bonchev–Trinajstić information content (AvgIpc) is 3.43. The summed E-state index contributed by atoms with van der Waals surface area (Å²) in [6, 6.07) is 5.51. The van der Waals surface area contributed by atoms with Gasteiger partial charge in [-0.25, -0.2) is 0 Å². The SMILES string of the molecule is CC(C)(C)C1=CC(=C(c2scc3c2OCCO3)N2CN2c2ccc(Cl)cc2Cl)C=C(C(C)(C)C)C1=O. The van der Waals surface area contributed by atoms with Gasteiger partial charge in [0.2, 0.25) is 0 Å². The van der Waals surface area contributed by atoms with Crippen molar-refractivity contribution >= 4 is 51.7 Å². The Morgan fingerprint density at radius 2 is 1.61 bits per heavy atom. The number of nitrogens with zero attached hydrogens (tertiary/aromatic N) is 2. The standard InChI is InChI=1S/C28H30Cl2N2O3S/c1-27(2,3)18-11-16(12-19(24(18)33)28(4,5)6)23(26-25-22(14-36-26)34-9-10-35-25)32-15-31(32)21-8-7-17(29)13-20(21)30/h7-8,11-14H,9-10,15H2,1-6H3. The monoisotopic (exact) mass is 544 g/mol. The Balaban J connectivity index is 1.72. The number of rotatable bonds is 3. The van der Waals surface area contributed by atoms with Crippen LogP contribution in [-0.2, 0) is 4.79 Å². The Morgan fingerprint density at radius 3 is 2.22 bits per heavy atom. The third-order valence-corrected chi connectivity index (χ3v) is 7.90. The van der Waals surface area contributed by atoms with Crippen molar-refractivity contribution in [3.8, 4) is 11.5 Å². The molecule has 1 aliphatic carbocycles. The number of hydrazine groups is 1. The smallest absolute Gasteiger partial charge is 0.186 e. The Bertz CT molecular complexity index is 1310. The van der Waals surface area contributed by atoms with E-state index in [1.807, 2.05) is 29.7 Å². The van der Waals surface area contributed by atoms with E-state index in [4.69, 9.17) is 32.7 Å². The fourth-order valence-electron chi connectivity index (χ4n) is 4.49. The first-order chi connectivity index (χ1) is 16.9. The van der Waals surface area contributed by atoms with Crippen molar-refractivity contribution in [2.45, 2.75) is 41.5 Å². The molecule has 0 radical (unpaired) electrons. The van der Waals surface area contributed by atoms with Crippen LogP contribution in [0.15, 0.2) is 52.5 Å². The van der Waals surface area contributed by atoms with Gasteiger partial charge in [0.15, 0.2) is 17.3 Å². The molecule has 0 saturated carbocycles. The minimum Gasteiger partial charge on any atom is -0.485 e. The lowest BCUT2D eigenvalue weighted by atomic mass is 9.71. The maximum atomic E-state index is 13.6. The molecule has 2 aromatic rings. The van der Waals surface area contributed by atoms with Crippen LogP contribution < -0.4 is 14.5 Å². The van der Waals surface area contributed by atoms with E-state index in [0.29, 0.717) is 29.9 Å². The average molecular weight is 546 g/mol. The first-order valence-corrected chi connectivity index (χ1v) is 13.6. The first kappa shape index (κ1) is 25.2. The molecule has 0 bridgehead atoms. The summed E-state index contributed by atoms with van der Waals surface area (Å²) in [5.74, 6) is 1.61. The fourth-order valence-corrected chi connectivity index (χ4v) is 6.00. The summed E-state index contributed by atoms with van der Waals surface area (Å²) < 4.78 is 12.0. The number of ether oxygens (including phenoxy) is 2. The molecular weight excluding hydrogens is 515 g/mol. The van der Waals surface area contributed by atoms with E-state index < -0.39 is 0 Å². The summed E-state index contributed by atoms with van der Waals surface area (Å²) in [7, 11) is 0. The van der Waals surface area contributed by atoms with Gasteiger partial charge in [0, 0.05) is 27.1 Å². The maximum absolute atomic E-state index is 13.6. The van der Waals surface area contributed by atoms with E-state index in [-0.39, 0.29) is 16.6 Å². The minimum atomic E-state index is -0.315. The lowest BCUT2D eigenvalue weighted by Gasteiger charge is -2.32. The summed E-state index contributed by atoms with van der Waals surface area (Å²) in [6.07, 6.45) is 4.09. The highest BCUT2D eigenvalue weighted by Gasteiger charge is 2.41. The van der Waals surface area contributed by atoms with Crippen LogP contribution >= 0.6 is 34.5 Å². The van der Waals surface area contributed by atoms with Gasteiger partial charge in [-0.3, -0.25) is 14.8 Å². The highest BCUT2D eigenvalue weighted by Crippen LogP contribution is 2.51. The third kappa shape index (κ3) is 4.55. The summed E-state index contributed by atoms with van der Waals surface area (Å²) in [5.41, 5.74) is 3.76. The van der Waals surface area contributed by atoms with Crippen molar-refractivity contribution in [3.63, 3.8) is 0 Å². The van der Waals surface area contributed by atoms with Crippen LogP contribution in [0, 0.1) is 10.8 Å². The van der Waals surface area contributed by atoms with Gasteiger partial charge in [-0.2, -0.15) is 0 Å². The van der Waals surface area contributed by atoms with Crippen molar-refractivity contribution < 1.29 is 14.3 Å². The van der Waals surface area contributed by atoms with Crippen LogP contribution in [0.3, 0.4) is 0 Å². The van der Waals surface area contributed by atoms with E-state index in [1.54, 1.807) is 17.4 Å². The Morgan fingerprint density at radius 1 is 0.972 bits per heavy atom. The second-order valence-electron chi connectivity index (χ2n) is 11.2. The number of benzene rings is 1. The zero-order valence-electron chi connectivity index (χ0n) is 21.4. The first-order valence-electron chi connectivity index (χ1n) is 12.0. The molecule has 3 heterocycles. The predicted molar refractivity (Wildman–Crippen MR) is 148 cm³/mol. The van der Waals surface area contributed by atoms with Crippen LogP contribution in [-0.4, -0.2) is 30.7 Å². The number of ketones is 1. The van der Waals surface area contributed by atoms with Crippen LogP contribution in [0.4, 0.5) is 5.69 Å². The van der Waals surface area contributed by atoms with Crippen LogP contribution in [0.5, 0.6) is 11.5 Å². The van der Waals surface area contributed by atoms with E-state index in [0.717, 1.165) is 44.5 Å². The molecule has 1 aromatic carbocycles. The van der Waals surface area contributed by atoms with Crippen LogP contribution in [0.1, 0.15) is 46.4 Å². The van der Waals surface area contributed by atoms with Crippen LogP contribution in [0.25, 0.3) is 5.70 Å². The van der Waals surface area contributed by atoms with Gasteiger partial charge < -0.3 is 9.47 Å². The van der Waals surface area contributed by atoms with Gasteiger partial charge in [0.05, 0.1) is 21.3 Å². The van der Waals surface area contributed by atoms with Crippen molar-refractivity contribution in [2.75, 3.05) is 24.9 Å². The molecule has 1 saturated heterocycles. The van der Waals surface area contributed by atoms with Crippen molar-refractivity contribution in [1.29, 1.82) is 0 Å². The number of thiophene rings is 1. The summed E-state index contributed by atoms with van der Waals surface area (Å²) in [5, 5.41) is 7.43. The molecule has 0 N–H and O–H groups in total. The molecule has 0 unspecified atom stereocenters. The predicted octanol–water partition coefficient (Wildman–Crippen LogP) is 7.76. The lowest BCUT2D eigenvalue weighted by molar-refractivity contribution is -0.114. The molecule has 0 spiro atoms. The van der Waals surface area contributed by atoms with E-state index in [9.17, 15) is 4.79 Å². The number of carbonyl (C=O) groups is 1. The molecule has 3 aliphatic rings. The number of carbonyl (C=O) groups excluding carboxylic acids is 1. The van der Waals surface area contributed by atoms with Gasteiger partial charge in [0.1, 0.15) is 19.9 Å². The second-order valence-corrected chi connectivity index (χ2v) is 13.0. The van der Waals surface area contributed by atoms with Crippen LogP contribution in [0.2, 0.25) is 10.0 Å². The summed E-state index contributed by atoms with van der Waals surface area (Å²) in [4.78, 5) is 14.6. The topological polar surface area (TPSA) is 41.5 Å². The molecule has 36 heavy (non-hydrogen) atoms. The molecule has 2 aliphatic heterocycles. The molecule has 1 aromatic heterocycles. The summed E-state index contributed by atoms with van der Waals surface area (Å²) >= 11 is 14.3. The van der Waals surface area contributed by atoms with Gasteiger partial charge in [0.25, 0.3) is 0 Å². The molecule has 5 rings (SSSR count). The lowest BCUT2D eigenvalue weighted by Crippen LogP contribution is -2.28. The van der Waals surface area contributed by atoms with E-state index >= 15 is 0 Å². The quantitative estimate of drug-likeness (QED) is 0.369. The Labute approximate surface area is 226 Å². The second kappa shape index (κ2) is 8.86. The summed E-state index contributed by atoms with van der Waals surface area (Å²) in [6.45, 7) is 14.2. The largest absolute Gasteiger partial charge is 0.485 e. The van der Waals surface area contributed by atoms with E-state index in [2.05, 4.69) is 51.6 Å². The molecular formula is C28H30Cl2N2O3S. The molecule has 190 valence electrons. The van der Waals surface area contributed by atoms with Crippen molar-refractivity contribution in [3.05, 3.63) is 67.4 Å². The zero-order chi connectivity index (χ0) is 26.0. The zero-order valence-corrected chi connectivity index (χ0v) is 23.7. The van der Waals surface area contributed by atoms with Gasteiger partial charge >= 0.3 is 0 Å². The van der Waals surface area contributed by atoms with Crippen molar-refractivity contribution in [1.82, 2.24) is 5.01 Å². The number of Topliss-reactive ketones (excluding diaryl/α,β-unsaturated/α-hetero) is 1. The number of fused-ring (bicyclic) bond motifs is 1. The number of halogens is 2. The highest BCUT2D eigenvalue weighted by atomic mass is 35.5. The number of hydrogen-bond acceptors (Lipinski definition) is 6. The highest BCUT2D eigenvalue weighted by molar-refractivity contribution is 7.11. The van der Waals surface area contributed by atoms with Gasteiger partial charge in [-0.05, 0) is 41.2 Å². The Hall–Kier alpha value is -2.41. The molecule has 5 nitrogen and oxygen atoms in total. The van der Waals surface area contributed by atoms with Gasteiger partial charge in [-0.15, -0.1) is 11.3 Å². The van der Waals surface area contributed by atoms with Crippen molar-refractivity contribution in [2.24, 2.45) is 10.8 Å². The third-order valence-electron chi connectivity index (χ3n) is 6.41. The van der Waals surface area contributed by atoms with Gasteiger partial charge in [-0.1, -0.05) is 64.7 Å².